The third-order valence-corrected chi connectivity index (χ3v) is 8.53. The Labute approximate surface area is 153 Å². The van der Waals surface area contributed by atoms with E-state index in [4.69, 9.17) is 0 Å². The van der Waals surface area contributed by atoms with E-state index >= 15 is 0 Å². The van der Waals surface area contributed by atoms with E-state index in [0.717, 1.165) is 18.4 Å². The molecule has 0 spiro atoms. The number of ketones is 1. The molecular formula is C21H28O5. The smallest absolute Gasteiger partial charge is 0.336 e. The van der Waals surface area contributed by atoms with Gasteiger partial charge in [-0.25, -0.2) is 4.79 Å². The summed E-state index contributed by atoms with van der Waals surface area (Å²) in [7, 11) is 0. The van der Waals surface area contributed by atoms with Gasteiger partial charge in [-0.2, -0.15) is 0 Å². The minimum Gasteiger partial charge on any atom is -0.508 e. The summed E-state index contributed by atoms with van der Waals surface area (Å²) in [6, 6.07) is 0. The number of hydrogen-bond acceptors (Lipinski definition) is 4. The first-order valence-corrected chi connectivity index (χ1v) is 9.68. The normalized spacial score (nSPS) is 50.2. The fraction of sp³-hybridized carbons (Fsp3) is 0.714. The minimum absolute atomic E-state index is 0.0366. The molecule has 142 valence electrons. The van der Waals surface area contributed by atoms with Gasteiger partial charge in [-0.05, 0) is 74.3 Å². The van der Waals surface area contributed by atoms with E-state index in [2.05, 4.69) is 6.92 Å². The monoisotopic (exact) mass is 360 g/mol. The van der Waals surface area contributed by atoms with Crippen LogP contribution in [-0.2, 0) is 9.59 Å². The summed E-state index contributed by atoms with van der Waals surface area (Å²) >= 11 is 0. The molecule has 0 saturated heterocycles. The van der Waals surface area contributed by atoms with Gasteiger partial charge in [0.1, 0.15) is 5.76 Å². The Hall–Kier alpha value is -1.62. The third kappa shape index (κ3) is 1.90. The van der Waals surface area contributed by atoms with Crippen LogP contribution in [0.5, 0.6) is 0 Å². The molecule has 7 atom stereocenters. The number of carboxylic acids is 1. The summed E-state index contributed by atoms with van der Waals surface area (Å²) in [5, 5.41) is 30.6. The van der Waals surface area contributed by atoms with Crippen LogP contribution < -0.4 is 0 Å². The fourth-order valence-corrected chi connectivity index (χ4v) is 7.06. The molecule has 0 heterocycles. The molecular weight excluding hydrogens is 332 g/mol. The maximum absolute atomic E-state index is 12.9. The van der Waals surface area contributed by atoms with E-state index in [1.807, 2.05) is 13.8 Å². The molecule has 0 aromatic carbocycles. The highest BCUT2D eigenvalue weighted by Crippen LogP contribution is 2.67. The summed E-state index contributed by atoms with van der Waals surface area (Å²) in [4.78, 5) is 24.8. The molecule has 3 N–H and O–H groups in total. The summed E-state index contributed by atoms with van der Waals surface area (Å²) in [6.07, 6.45) is 6.30. The lowest BCUT2D eigenvalue weighted by Crippen LogP contribution is -2.59. The number of aliphatic hydroxyl groups excluding tert-OH is 1. The highest BCUT2D eigenvalue weighted by molar-refractivity contribution is 5.99. The first kappa shape index (κ1) is 17.8. The molecule has 0 amide bonds. The molecule has 4 aliphatic carbocycles. The molecule has 4 aliphatic rings. The molecule has 0 aliphatic heterocycles. The van der Waals surface area contributed by atoms with Gasteiger partial charge in [0.15, 0.2) is 11.4 Å². The average Bonchev–Trinajstić information content (AvgIpc) is 2.83. The zero-order chi connectivity index (χ0) is 19.1. The van der Waals surface area contributed by atoms with Crippen molar-refractivity contribution in [2.75, 3.05) is 0 Å². The Kier molecular flexibility index (Phi) is 3.57. The number of fused-ring (bicyclic) bond motifs is 5. The summed E-state index contributed by atoms with van der Waals surface area (Å²) in [6.45, 7) is 6.02. The molecule has 2 unspecified atom stereocenters. The highest BCUT2D eigenvalue weighted by atomic mass is 16.4. The van der Waals surface area contributed by atoms with Gasteiger partial charge in [-0.1, -0.05) is 13.8 Å². The lowest BCUT2D eigenvalue weighted by Gasteiger charge is -2.58. The largest absolute Gasteiger partial charge is 0.508 e. The maximum Gasteiger partial charge on any atom is 0.336 e. The van der Waals surface area contributed by atoms with Gasteiger partial charge in [-0.15, -0.1) is 0 Å². The third-order valence-electron chi connectivity index (χ3n) is 8.53. The standard InChI is InChI=1S/C21H28O5/c1-11-8-13-14-5-7-21(26,18(24)25)19(14,2)6-4-15(13)20(3)16(11)9-12(22)10-17(20)23/h9-11,13-15,22,26H,4-8H2,1-3H3,(H,24,25)/t11?,13-,14-,15-,19-,20+,21?/m0/s1. The molecule has 0 radical (unpaired) electrons. The molecule has 5 nitrogen and oxygen atoms in total. The highest BCUT2D eigenvalue weighted by Gasteiger charge is 2.68. The number of aliphatic carboxylic acids is 1. The number of carbonyl (C=O) groups is 2. The van der Waals surface area contributed by atoms with Crippen molar-refractivity contribution in [3.05, 3.63) is 23.5 Å². The van der Waals surface area contributed by atoms with Crippen LogP contribution in [0.1, 0.15) is 52.9 Å². The second-order valence-corrected chi connectivity index (χ2v) is 9.41. The lowest BCUT2D eigenvalue weighted by molar-refractivity contribution is -0.182. The van der Waals surface area contributed by atoms with Crippen molar-refractivity contribution in [1.82, 2.24) is 0 Å². The van der Waals surface area contributed by atoms with Crippen molar-refractivity contribution >= 4 is 11.8 Å². The average molecular weight is 360 g/mol. The molecule has 26 heavy (non-hydrogen) atoms. The van der Waals surface area contributed by atoms with E-state index in [1.54, 1.807) is 6.08 Å². The molecule has 0 aromatic rings. The lowest BCUT2D eigenvalue weighted by atomic mass is 9.45. The molecule has 0 aromatic heterocycles. The number of allylic oxidation sites excluding steroid dienone is 3. The number of hydrogen-bond donors (Lipinski definition) is 3. The van der Waals surface area contributed by atoms with Crippen LogP contribution in [0.3, 0.4) is 0 Å². The molecule has 4 rings (SSSR count). The number of aliphatic hydroxyl groups is 2. The van der Waals surface area contributed by atoms with Crippen LogP contribution >= 0.6 is 0 Å². The Bertz CT molecular complexity index is 752. The van der Waals surface area contributed by atoms with Crippen molar-refractivity contribution in [2.45, 2.75) is 58.5 Å². The quantitative estimate of drug-likeness (QED) is 0.667. The zero-order valence-corrected chi connectivity index (χ0v) is 15.7. The van der Waals surface area contributed by atoms with Crippen LogP contribution in [0.2, 0.25) is 0 Å². The number of rotatable bonds is 1. The number of carbonyl (C=O) groups excluding carboxylic acids is 1. The van der Waals surface area contributed by atoms with Crippen molar-refractivity contribution in [1.29, 1.82) is 0 Å². The topological polar surface area (TPSA) is 94.8 Å². The van der Waals surface area contributed by atoms with Gasteiger partial charge in [0.2, 0.25) is 0 Å². The van der Waals surface area contributed by atoms with Gasteiger partial charge >= 0.3 is 5.97 Å². The number of carboxylic acid groups (broad SMARTS) is 1. The van der Waals surface area contributed by atoms with Crippen LogP contribution in [0, 0.1) is 34.5 Å². The van der Waals surface area contributed by atoms with E-state index in [9.17, 15) is 24.9 Å². The minimum atomic E-state index is -1.67. The summed E-state index contributed by atoms with van der Waals surface area (Å²) in [5.74, 6) is -0.498. The Morgan fingerprint density at radius 3 is 2.46 bits per heavy atom. The van der Waals surface area contributed by atoms with Crippen LogP contribution in [0.25, 0.3) is 0 Å². The SMILES string of the molecule is CC1C[C@@H]2[C@H](CC[C@@]3(C)[C@H]2CCC3(O)C(=O)O)[C@@]2(C)C(=O)C=C(O)C=C12. The van der Waals surface area contributed by atoms with Crippen molar-refractivity contribution < 1.29 is 24.9 Å². The van der Waals surface area contributed by atoms with Crippen LogP contribution in [-0.4, -0.2) is 32.7 Å². The summed E-state index contributed by atoms with van der Waals surface area (Å²) < 4.78 is 0. The van der Waals surface area contributed by atoms with Crippen molar-refractivity contribution in [3.63, 3.8) is 0 Å². The van der Waals surface area contributed by atoms with Crippen molar-refractivity contribution in [2.24, 2.45) is 34.5 Å². The van der Waals surface area contributed by atoms with Gasteiger partial charge < -0.3 is 15.3 Å². The summed E-state index contributed by atoms with van der Waals surface area (Å²) in [5.41, 5.74) is -1.93. The Balaban J connectivity index is 1.77. The molecule has 3 saturated carbocycles. The van der Waals surface area contributed by atoms with E-state index < -0.39 is 22.4 Å². The zero-order valence-electron chi connectivity index (χ0n) is 15.7. The van der Waals surface area contributed by atoms with Gasteiger partial charge in [0.05, 0.1) is 5.41 Å². The van der Waals surface area contributed by atoms with E-state index in [0.29, 0.717) is 12.8 Å². The van der Waals surface area contributed by atoms with E-state index in [-0.39, 0.29) is 41.6 Å². The second-order valence-electron chi connectivity index (χ2n) is 9.41. The van der Waals surface area contributed by atoms with Gasteiger partial charge in [0.25, 0.3) is 0 Å². The molecule has 5 heteroatoms. The predicted molar refractivity (Wildman–Crippen MR) is 95.3 cm³/mol. The Morgan fingerprint density at radius 2 is 1.81 bits per heavy atom. The molecule has 0 bridgehead atoms. The Morgan fingerprint density at radius 1 is 1.15 bits per heavy atom. The molecule has 3 fully saturated rings. The van der Waals surface area contributed by atoms with Crippen LogP contribution in [0.4, 0.5) is 0 Å². The van der Waals surface area contributed by atoms with Crippen molar-refractivity contribution in [3.8, 4) is 0 Å². The van der Waals surface area contributed by atoms with Crippen LogP contribution in [0.15, 0.2) is 23.5 Å². The van der Waals surface area contributed by atoms with Gasteiger partial charge in [0, 0.05) is 11.5 Å². The first-order chi connectivity index (χ1) is 12.1. The fourth-order valence-electron chi connectivity index (χ4n) is 7.06. The predicted octanol–water partition coefficient (Wildman–Crippen LogP) is 3.24. The van der Waals surface area contributed by atoms with E-state index in [1.165, 1.54) is 6.08 Å². The first-order valence-electron chi connectivity index (χ1n) is 9.68. The second kappa shape index (κ2) is 5.22. The maximum atomic E-state index is 12.9. The van der Waals surface area contributed by atoms with Gasteiger partial charge in [-0.3, -0.25) is 4.79 Å².